The number of anilines is 2. The van der Waals surface area contributed by atoms with Crippen molar-refractivity contribution in [2.45, 2.75) is 20.3 Å². The highest BCUT2D eigenvalue weighted by Crippen LogP contribution is 2.24. The predicted molar refractivity (Wildman–Crippen MR) is 87.9 cm³/mol. The van der Waals surface area contributed by atoms with Gasteiger partial charge in [0, 0.05) is 0 Å². The molecule has 2 aromatic rings. The summed E-state index contributed by atoms with van der Waals surface area (Å²) in [5.41, 5.74) is 9.82. The zero-order valence-corrected chi connectivity index (χ0v) is 13.1. The molecule has 0 bridgehead atoms. The number of nitrogens with one attached hydrogen (secondary N) is 1. The third-order valence-corrected chi connectivity index (χ3v) is 4.71. The van der Waals surface area contributed by atoms with Gasteiger partial charge in [-0.3, -0.25) is 4.72 Å². The van der Waals surface area contributed by atoms with Gasteiger partial charge < -0.3 is 5.73 Å². The van der Waals surface area contributed by atoms with Gasteiger partial charge in [-0.15, -0.1) is 0 Å². The molecule has 0 saturated heterocycles. The SMILES string of the molecule is Cc1cc(N)c(NS(=O)(=O)CCc2ccccc2)cc1C. The van der Waals surface area contributed by atoms with Crippen molar-refractivity contribution in [3.63, 3.8) is 0 Å². The van der Waals surface area contributed by atoms with Gasteiger partial charge in [0.25, 0.3) is 0 Å². The van der Waals surface area contributed by atoms with Gasteiger partial charge in [-0.1, -0.05) is 30.3 Å². The molecule has 0 radical (unpaired) electrons. The first kappa shape index (κ1) is 15.4. The van der Waals surface area contributed by atoms with E-state index in [1.807, 2.05) is 44.2 Å². The largest absolute Gasteiger partial charge is 0.397 e. The van der Waals surface area contributed by atoms with Crippen molar-refractivity contribution in [2.24, 2.45) is 0 Å². The Morgan fingerprint density at radius 3 is 2.33 bits per heavy atom. The van der Waals surface area contributed by atoms with Crippen LogP contribution in [0.5, 0.6) is 0 Å². The quantitative estimate of drug-likeness (QED) is 0.834. The molecule has 0 aliphatic heterocycles. The highest BCUT2D eigenvalue weighted by molar-refractivity contribution is 7.92. The maximum atomic E-state index is 12.2. The number of hydrogen-bond acceptors (Lipinski definition) is 3. The van der Waals surface area contributed by atoms with Crippen LogP contribution < -0.4 is 10.5 Å². The molecule has 0 spiro atoms. The molecule has 3 N–H and O–H groups in total. The monoisotopic (exact) mass is 304 g/mol. The second-order valence-corrected chi connectivity index (χ2v) is 7.02. The van der Waals surface area contributed by atoms with Crippen LogP contribution in [0.15, 0.2) is 42.5 Å². The number of nitrogens with two attached hydrogens (primary N) is 1. The molecule has 0 amide bonds. The first-order chi connectivity index (χ1) is 9.87. The number of sulfonamides is 1. The average molecular weight is 304 g/mol. The van der Waals surface area contributed by atoms with E-state index < -0.39 is 10.0 Å². The van der Waals surface area contributed by atoms with Crippen LogP contribution in [0.25, 0.3) is 0 Å². The third-order valence-electron chi connectivity index (χ3n) is 3.43. The summed E-state index contributed by atoms with van der Waals surface area (Å²) in [4.78, 5) is 0. The lowest BCUT2D eigenvalue weighted by Crippen LogP contribution is -2.19. The molecule has 0 saturated carbocycles. The van der Waals surface area contributed by atoms with E-state index >= 15 is 0 Å². The Labute approximate surface area is 126 Å². The number of hydrogen-bond donors (Lipinski definition) is 2. The van der Waals surface area contributed by atoms with Crippen molar-refractivity contribution in [3.8, 4) is 0 Å². The van der Waals surface area contributed by atoms with Crippen LogP contribution in [0.3, 0.4) is 0 Å². The van der Waals surface area contributed by atoms with Crippen molar-refractivity contribution in [2.75, 3.05) is 16.2 Å². The van der Waals surface area contributed by atoms with E-state index in [0.29, 0.717) is 17.8 Å². The third kappa shape index (κ3) is 4.23. The van der Waals surface area contributed by atoms with Crippen LogP contribution in [0, 0.1) is 13.8 Å². The van der Waals surface area contributed by atoms with E-state index in [0.717, 1.165) is 16.7 Å². The molecule has 2 rings (SSSR count). The molecule has 0 aliphatic rings. The molecule has 4 nitrogen and oxygen atoms in total. The predicted octanol–water partition coefficient (Wildman–Crippen LogP) is 2.87. The van der Waals surface area contributed by atoms with Crippen LogP contribution in [-0.4, -0.2) is 14.2 Å². The molecule has 0 atom stereocenters. The van der Waals surface area contributed by atoms with E-state index in [2.05, 4.69) is 4.72 Å². The van der Waals surface area contributed by atoms with Crippen molar-refractivity contribution in [1.29, 1.82) is 0 Å². The first-order valence-electron chi connectivity index (χ1n) is 6.78. The second kappa shape index (κ2) is 6.18. The molecule has 21 heavy (non-hydrogen) atoms. The maximum absolute atomic E-state index is 12.2. The maximum Gasteiger partial charge on any atom is 0.233 e. The summed E-state index contributed by atoms with van der Waals surface area (Å²) in [7, 11) is -3.41. The zero-order chi connectivity index (χ0) is 15.5. The van der Waals surface area contributed by atoms with Gasteiger partial charge >= 0.3 is 0 Å². The molecule has 0 aromatic heterocycles. The van der Waals surface area contributed by atoms with Gasteiger partial charge in [0.2, 0.25) is 10.0 Å². The van der Waals surface area contributed by atoms with Crippen LogP contribution in [-0.2, 0) is 16.4 Å². The summed E-state index contributed by atoms with van der Waals surface area (Å²) in [6.07, 6.45) is 0.473. The molecule has 5 heteroatoms. The van der Waals surface area contributed by atoms with Crippen LogP contribution in [0.4, 0.5) is 11.4 Å². The standard InChI is InChI=1S/C16H20N2O2S/c1-12-10-15(17)16(11-13(12)2)18-21(19,20)9-8-14-6-4-3-5-7-14/h3-7,10-11,18H,8-9,17H2,1-2H3. The van der Waals surface area contributed by atoms with Gasteiger partial charge in [0.1, 0.15) is 0 Å². The lowest BCUT2D eigenvalue weighted by Gasteiger charge is -2.12. The lowest BCUT2D eigenvalue weighted by molar-refractivity contribution is 0.600. The highest BCUT2D eigenvalue weighted by atomic mass is 32.2. The molecular formula is C16H20N2O2S. The van der Waals surface area contributed by atoms with Crippen molar-refractivity contribution < 1.29 is 8.42 Å². The number of aryl methyl sites for hydroxylation is 3. The van der Waals surface area contributed by atoms with Gasteiger partial charge in [-0.2, -0.15) is 0 Å². The molecule has 0 unspecified atom stereocenters. The van der Waals surface area contributed by atoms with E-state index in [4.69, 9.17) is 5.73 Å². The fourth-order valence-electron chi connectivity index (χ4n) is 2.04. The Morgan fingerprint density at radius 1 is 1.05 bits per heavy atom. The smallest absolute Gasteiger partial charge is 0.233 e. The van der Waals surface area contributed by atoms with Crippen molar-refractivity contribution in [3.05, 3.63) is 59.2 Å². The highest BCUT2D eigenvalue weighted by Gasteiger charge is 2.13. The molecular weight excluding hydrogens is 284 g/mol. The zero-order valence-electron chi connectivity index (χ0n) is 12.3. The fourth-order valence-corrected chi connectivity index (χ4v) is 3.16. The van der Waals surface area contributed by atoms with Crippen LogP contribution in [0.2, 0.25) is 0 Å². The number of nitrogen functional groups attached to an aromatic ring is 1. The van der Waals surface area contributed by atoms with Crippen LogP contribution in [0.1, 0.15) is 16.7 Å². The summed E-state index contributed by atoms with van der Waals surface area (Å²) in [5.74, 6) is 0.0311. The van der Waals surface area contributed by atoms with Crippen LogP contribution >= 0.6 is 0 Å². The van der Waals surface area contributed by atoms with Gasteiger partial charge in [-0.25, -0.2) is 8.42 Å². The first-order valence-corrected chi connectivity index (χ1v) is 8.44. The molecule has 2 aromatic carbocycles. The van der Waals surface area contributed by atoms with Crippen molar-refractivity contribution in [1.82, 2.24) is 0 Å². The Bertz CT molecular complexity index is 725. The Balaban J connectivity index is 2.09. The van der Waals surface area contributed by atoms with E-state index in [-0.39, 0.29) is 5.75 Å². The minimum absolute atomic E-state index is 0.0311. The minimum Gasteiger partial charge on any atom is -0.397 e. The van der Waals surface area contributed by atoms with Gasteiger partial charge in [0.05, 0.1) is 17.1 Å². The van der Waals surface area contributed by atoms with Gasteiger partial charge in [-0.05, 0) is 49.1 Å². The van der Waals surface area contributed by atoms with E-state index in [1.165, 1.54) is 0 Å². The topological polar surface area (TPSA) is 72.2 Å². The Morgan fingerprint density at radius 2 is 1.67 bits per heavy atom. The lowest BCUT2D eigenvalue weighted by atomic mass is 10.1. The normalized spacial score (nSPS) is 11.3. The molecule has 0 aliphatic carbocycles. The molecule has 0 fully saturated rings. The summed E-state index contributed by atoms with van der Waals surface area (Å²) in [5, 5.41) is 0. The summed E-state index contributed by atoms with van der Waals surface area (Å²) in [6, 6.07) is 13.1. The summed E-state index contributed by atoms with van der Waals surface area (Å²) >= 11 is 0. The van der Waals surface area contributed by atoms with Gasteiger partial charge in [0.15, 0.2) is 0 Å². The summed E-state index contributed by atoms with van der Waals surface area (Å²) < 4.78 is 26.9. The Hall–Kier alpha value is -2.01. The molecule has 0 heterocycles. The van der Waals surface area contributed by atoms with E-state index in [1.54, 1.807) is 12.1 Å². The number of benzene rings is 2. The average Bonchev–Trinajstić information content (AvgIpc) is 2.44. The Kier molecular flexibility index (Phi) is 4.53. The minimum atomic E-state index is -3.41. The molecule has 112 valence electrons. The number of rotatable bonds is 5. The fraction of sp³-hybridized carbons (Fsp3) is 0.250. The second-order valence-electron chi connectivity index (χ2n) is 5.18. The summed E-state index contributed by atoms with van der Waals surface area (Å²) in [6.45, 7) is 3.87. The van der Waals surface area contributed by atoms with Crippen molar-refractivity contribution >= 4 is 21.4 Å². The van der Waals surface area contributed by atoms with E-state index in [9.17, 15) is 8.42 Å².